The van der Waals surface area contributed by atoms with E-state index in [1.807, 2.05) is 12.5 Å². The van der Waals surface area contributed by atoms with Crippen LogP contribution in [0.2, 0.25) is 0 Å². The first kappa shape index (κ1) is 17.3. The molecule has 0 saturated carbocycles. The van der Waals surface area contributed by atoms with Crippen LogP contribution in [0.15, 0.2) is 41.9 Å². The van der Waals surface area contributed by atoms with Gasteiger partial charge in [0.1, 0.15) is 5.75 Å². The minimum Gasteiger partial charge on any atom is -0.493 e. The number of hydrogen-bond donors (Lipinski definition) is 2. The molecule has 0 bridgehead atoms. The van der Waals surface area contributed by atoms with Crippen molar-refractivity contribution in [3.63, 3.8) is 0 Å². The zero-order valence-corrected chi connectivity index (χ0v) is 14.9. The average Bonchev–Trinajstić information content (AvgIpc) is 3.29. The predicted molar refractivity (Wildman–Crippen MR) is 100 cm³/mol. The van der Waals surface area contributed by atoms with Crippen LogP contribution in [0.4, 0.5) is 0 Å². The fourth-order valence-corrected chi connectivity index (χ4v) is 2.93. The third-order valence-electron chi connectivity index (χ3n) is 4.21. The number of hydrogen-bond acceptors (Lipinski definition) is 3. The average molecular weight is 341 g/mol. The molecule has 0 amide bonds. The van der Waals surface area contributed by atoms with Crippen molar-refractivity contribution in [2.45, 2.75) is 32.7 Å². The maximum atomic E-state index is 5.56. The van der Waals surface area contributed by atoms with Gasteiger partial charge in [-0.25, -0.2) is 4.98 Å². The van der Waals surface area contributed by atoms with Crippen molar-refractivity contribution in [1.82, 2.24) is 20.2 Å². The minimum absolute atomic E-state index is 0.795. The largest absolute Gasteiger partial charge is 0.493 e. The zero-order valence-electron chi connectivity index (χ0n) is 14.9. The molecule has 1 aromatic carbocycles. The Morgan fingerprint density at radius 1 is 1.36 bits per heavy atom. The first-order valence-corrected chi connectivity index (χ1v) is 9.07. The monoisotopic (exact) mass is 341 g/mol. The molecule has 25 heavy (non-hydrogen) atoms. The van der Waals surface area contributed by atoms with Crippen LogP contribution in [0.3, 0.4) is 0 Å². The normalized spacial score (nSPS) is 13.4. The summed E-state index contributed by atoms with van der Waals surface area (Å²) in [6.45, 7) is 6.37. The summed E-state index contributed by atoms with van der Waals surface area (Å²) in [5.41, 5.74) is 2.67. The Balaban J connectivity index is 1.42. The van der Waals surface area contributed by atoms with E-state index in [2.05, 4.69) is 50.3 Å². The molecule has 0 radical (unpaired) electrons. The van der Waals surface area contributed by atoms with Gasteiger partial charge < -0.3 is 19.9 Å². The lowest BCUT2D eigenvalue weighted by Gasteiger charge is -2.12. The summed E-state index contributed by atoms with van der Waals surface area (Å²) in [7, 11) is 0. The second-order valence-corrected chi connectivity index (χ2v) is 6.13. The van der Waals surface area contributed by atoms with Crippen molar-refractivity contribution in [3.8, 4) is 5.75 Å². The molecular weight excluding hydrogens is 314 g/mol. The maximum Gasteiger partial charge on any atom is 0.191 e. The van der Waals surface area contributed by atoms with E-state index in [4.69, 9.17) is 4.74 Å². The fourth-order valence-electron chi connectivity index (χ4n) is 2.93. The van der Waals surface area contributed by atoms with E-state index in [1.54, 1.807) is 6.20 Å². The topological polar surface area (TPSA) is 63.5 Å². The van der Waals surface area contributed by atoms with Gasteiger partial charge in [0, 0.05) is 45.0 Å². The Labute approximate surface area is 149 Å². The van der Waals surface area contributed by atoms with Gasteiger partial charge >= 0.3 is 0 Å². The van der Waals surface area contributed by atoms with Crippen LogP contribution in [0.5, 0.6) is 5.75 Å². The van der Waals surface area contributed by atoms with Gasteiger partial charge in [-0.05, 0) is 37.0 Å². The summed E-state index contributed by atoms with van der Waals surface area (Å²) in [6.07, 6.45) is 8.63. The summed E-state index contributed by atoms with van der Waals surface area (Å²) in [5, 5.41) is 6.72. The van der Waals surface area contributed by atoms with Gasteiger partial charge in [-0.15, -0.1) is 0 Å². The molecule has 2 N–H and O–H groups in total. The number of aliphatic imine (C=N–C) groups is 1. The molecule has 2 heterocycles. The van der Waals surface area contributed by atoms with Crippen molar-refractivity contribution < 1.29 is 4.74 Å². The van der Waals surface area contributed by atoms with Gasteiger partial charge in [0.05, 0.1) is 12.9 Å². The van der Waals surface area contributed by atoms with Crippen LogP contribution in [0, 0.1) is 0 Å². The molecule has 0 unspecified atom stereocenters. The number of aromatic nitrogens is 2. The number of ether oxygens (including phenoxy) is 1. The molecule has 1 aromatic heterocycles. The number of fused-ring (bicyclic) bond motifs is 1. The van der Waals surface area contributed by atoms with Gasteiger partial charge in [0.15, 0.2) is 5.96 Å². The van der Waals surface area contributed by atoms with E-state index in [0.29, 0.717) is 0 Å². The minimum atomic E-state index is 0.795. The van der Waals surface area contributed by atoms with Crippen molar-refractivity contribution in [2.75, 3.05) is 26.2 Å². The SMILES string of the molecule is CCNC(=NCCCn1ccnc1)NCCc1ccc2c(c1)CCO2. The Hall–Kier alpha value is -2.50. The van der Waals surface area contributed by atoms with Crippen molar-refractivity contribution >= 4 is 5.96 Å². The first-order valence-electron chi connectivity index (χ1n) is 9.07. The molecule has 0 saturated heterocycles. The second kappa shape index (κ2) is 9.11. The predicted octanol–water partition coefficient (Wildman–Crippen LogP) is 2.01. The number of rotatable bonds is 8. The maximum absolute atomic E-state index is 5.56. The van der Waals surface area contributed by atoms with E-state index < -0.39 is 0 Å². The molecular formula is C19H27N5O. The lowest BCUT2D eigenvalue weighted by Crippen LogP contribution is -2.38. The number of guanidine groups is 1. The highest BCUT2D eigenvalue weighted by atomic mass is 16.5. The number of benzene rings is 1. The van der Waals surface area contributed by atoms with Crippen molar-refractivity contribution in [3.05, 3.63) is 48.0 Å². The molecule has 2 aromatic rings. The highest BCUT2D eigenvalue weighted by molar-refractivity contribution is 5.79. The van der Waals surface area contributed by atoms with Crippen LogP contribution in [0.25, 0.3) is 0 Å². The highest BCUT2D eigenvalue weighted by Gasteiger charge is 2.11. The number of nitrogens with zero attached hydrogens (tertiary/aromatic N) is 3. The van der Waals surface area contributed by atoms with E-state index >= 15 is 0 Å². The second-order valence-electron chi connectivity index (χ2n) is 6.13. The molecule has 6 nitrogen and oxygen atoms in total. The smallest absolute Gasteiger partial charge is 0.191 e. The number of nitrogens with one attached hydrogen (secondary N) is 2. The molecule has 0 spiro atoms. The molecule has 0 fully saturated rings. The Bertz CT molecular complexity index is 681. The summed E-state index contributed by atoms with van der Waals surface area (Å²) in [5.74, 6) is 1.93. The Kier molecular flexibility index (Phi) is 6.31. The number of aryl methyl sites for hydroxylation is 1. The van der Waals surface area contributed by atoms with Gasteiger partial charge in [-0.1, -0.05) is 12.1 Å². The first-order chi connectivity index (χ1) is 12.3. The molecule has 1 aliphatic heterocycles. The van der Waals surface area contributed by atoms with E-state index in [-0.39, 0.29) is 0 Å². The molecule has 3 rings (SSSR count). The summed E-state index contributed by atoms with van der Waals surface area (Å²) in [4.78, 5) is 8.69. The fraction of sp³-hybridized carbons (Fsp3) is 0.474. The molecule has 6 heteroatoms. The van der Waals surface area contributed by atoms with Crippen LogP contribution < -0.4 is 15.4 Å². The zero-order chi connectivity index (χ0) is 17.3. The molecule has 0 aliphatic carbocycles. The van der Waals surface area contributed by atoms with Gasteiger partial charge in [-0.2, -0.15) is 0 Å². The number of imidazole rings is 1. The lowest BCUT2D eigenvalue weighted by atomic mass is 10.1. The van der Waals surface area contributed by atoms with E-state index in [0.717, 1.165) is 63.8 Å². The summed E-state index contributed by atoms with van der Waals surface area (Å²) < 4.78 is 7.64. The molecule has 1 aliphatic rings. The summed E-state index contributed by atoms with van der Waals surface area (Å²) >= 11 is 0. The van der Waals surface area contributed by atoms with Crippen LogP contribution in [0.1, 0.15) is 24.5 Å². The van der Waals surface area contributed by atoms with E-state index in [9.17, 15) is 0 Å². The van der Waals surface area contributed by atoms with Crippen LogP contribution in [-0.2, 0) is 19.4 Å². The standard InChI is InChI=1S/C19H27N5O/c1-2-21-19(22-8-3-11-24-12-10-20-15-24)23-9-6-16-4-5-18-17(14-16)7-13-25-18/h4-5,10,12,14-15H,2-3,6-9,11,13H2,1H3,(H2,21,22,23). The van der Waals surface area contributed by atoms with E-state index in [1.165, 1.54) is 11.1 Å². The van der Waals surface area contributed by atoms with Crippen LogP contribution in [-0.4, -0.2) is 41.8 Å². The Morgan fingerprint density at radius 2 is 2.32 bits per heavy atom. The highest BCUT2D eigenvalue weighted by Crippen LogP contribution is 2.25. The Morgan fingerprint density at radius 3 is 3.16 bits per heavy atom. The third-order valence-corrected chi connectivity index (χ3v) is 4.21. The van der Waals surface area contributed by atoms with Gasteiger partial charge in [-0.3, -0.25) is 4.99 Å². The third kappa shape index (κ3) is 5.24. The van der Waals surface area contributed by atoms with Gasteiger partial charge in [0.2, 0.25) is 0 Å². The van der Waals surface area contributed by atoms with Gasteiger partial charge in [0.25, 0.3) is 0 Å². The molecule has 0 atom stereocenters. The van der Waals surface area contributed by atoms with Crippen molar-refractivity contribution in [2.24, 2.45) is 4.99 Å². The van der Waals surface area contributed by atoms with Crippen LogP contribution >= 0.6 is 0 Å². The lowest BCUT2D eigenvalue weighted by molar-refractivity contribution is 0.357. The molecule has 134 valence electrons. The van der Waals surface area contributed by atoms with Crippen molar-refractivity contribution in [1.29, 1.82) is 0 Å². The quantitative estimate of drug-likeness (QED) is 0.438. The summed E-state index contributed by atoms with van der Waals surface area (Å²) in [6, 6.07) is 6.51.